The van der Waals surface area contributed by atoms with Crippen molar-refractivity contribution in [3.05, 3.63) is 29.8 Å². The lowest BCUT2D eigenvalue weighted by Crippen LogP contribution is -2.62. The Hall–Kier alpha value is -1.60. The predicted molar refractivity (Wildman–Crippen MR) is 133 cm³/mol. The molecule has 0 aromatic heterocycles. The van der Waals surface area contributed by atoms with E-state index in [4.69, 9.17) is 4.74 Å². The lowest BCUT2D eigenvalue weighted by atomic mass is 9.52. The third kappa shape index (κ3) is 4.88. The van der Waals surface area contributed by atoms with Crippen LogP contribution in [0.2, 0.25) is 0 Å². The minimum absolute atomic E-state index is 0.0380. The molecule has 1 saturated heterocycles. The van der Waals surface area contributed by atoms with Gasteiger partial charge in [-0.1, -0.05) is 19.1 Å². The molecule has 5 fully saturated rings. The summed E-state index contributed by atoms with van der Waals surface area (Å²) in [4.78, 5) is 18.5. The molecule has 7 heteroatoms. The second-order valence-electron chi connectivity index (χ2n) is 11.5. The molecule has 4 bridgehead atoms. The van der Waals surface area contributed by atoms with E-state index in [1.54, 1.807) is 7.11 Å². The molecule has 4 saturated carbocycles. The van der Waals surface area contributed by atoms with Crippen LogP contribution in [-0.2, 0) is 21.2 Å². The Morgan fingerprint density at radius 3 is 2.35 bits per heavy atom. The molecule has 0 N–H and O–H groups in total. The van der Waals surface area contributed by atoms with Crippen molar-refractivity contribution < 1.29 is 17.9 Å². The number of ether oxygens (including phenoxy) is 1. The van der Waals surface area contributed by atoms with Crippen LogP contribution in [0.5, 0.6) is 5.75 Å². The van der Waals surface area contributed by atoms with Crippen LogP contribution < -0.4 is 4.74 Å². The number of rotatable bonds is 9. The molecule has 1 aromatic rings. The van der Waals surface area contributed by atoms with Crippen LogP contribution in [-0.4, -0.2) is 67.4 Å². The molecule has 188 valence electrons. The quantitative estimate of drug-likeness (QED) is 0.528. The number of carbonyl (C=O) groups excluding carboxylic acids is 1. The van der Waals surface area contributed by atoms with Gasteiger partial charge in [-0.25, -0.2) is 8.42 Å². The average Bonchev–Trinajstić information content (AvgIpc) is 3.16. The Morgan fingerprint density at radius 1 is 1.12 bits per heavy atom. The smallest absolute Gasteiger partial charge is 0.237 e. The Kier molecular flexibility index (Phi) is 6.70. The molecule has 34 heavy (non-hydrogen) atoms. The van der Waals surface area contributed by atoms with Crippen molar-refractivity contribution in [2.45, 2.75) is 76.4 Å². The van der Waals surface area contributed by atoms with Crippen LogP contribution in [0.3, 0.4) is 0 Å². The van der Waals surface area contributed by atoms with E-state index in [9.17, 15) is 13.2 Å². The molecule has 1 heterocycles. The summed E-state index contributed by atoms with van der Waals surface area (Å²) in [5, 5.41) is 0. The van der Waals surface area contributed by atoms with Crippen LogP contribution in [0.4, 0.5) is 0 Å². The minimum Gasteiger partial charge on any atom is -0.497 e. The van der Waals surface area contributed by atoms with E-state index in [-0.39, 0.29) is 29.0 Å². The highest BCUT2D eigenvalue weighted by Crippen LogP contribution is 2.58. The number of carbonyl (C=O) groups is 1. The van der Waals surface area contributed by atoms with Gasteiger partial charge in [0.05, 0.1) is 25.2 Å². The summed E-state index contributed by atoms with van der Waals surface area (Å²) in [7, 11) is -1.31. The van der Waals surface area contributed by atoms with Gasteiger partial charge in [0.2, 0.25) is 5.91 Å². The van der Waals surface area contributed by atoms with Crippen LogP contribution in [0.25, 0.3) is 0 Å². The van der Waals surface area contributed by atoms with Gasteiger partial charge in [-0.05, 0) is 93.4 Å². The molecule has 0 spiro atoms. The molecule has 0 radical (unpaired) electrons. The molecule has 1 amide bonds. The van der Waals surface area contributed by atoms with Gasteiger partial charge in [0.1, 0.15) is 5.75 Å². The molecule has 6 rings (SSSR count). The monoisotopic (exact) mass is 488 g/mol. The molecule has 1 unspecified atom stereocenters. The number of sulfone groups is 1. The lowest BCUT2D eigenvalue weighted by Gasteiger charge is -2.60. The zero-order valence-electron chi connectivity index (χ0n) is 20.7. The maximum atomic E-state index is 14.1. The van der Waals surface area contributed by atoms with E-state index in [1.165, 1.54) is 19.3 Å². The fourth-order valence-corrected chi connectivity index (χ4v) is 9.63. The van der Waals surface area contributed by atoms with Gasteiger partial charge in [-0.15, -0.1) is 0 Å². The van der Waals surface area contributed by atoms with E-state index in [2.05, 4.69) is 22.8 Å². The molecule has 4 aliphatic carbocycles. The van der Waals surface area contributed by atoms with Gasteiger partial charge >= 0.3 is 0 Å². The van der Waals surface area contributed by atoms with Crippen LogP contribution in [0.15, 0.2) is 24.3 Å². The summed E-state index contributed by atoms with van der Waals surface area (Å²) in [6.45, 7) is 3.79. The number of methoxy groups -OCH3 is 1. The molecule has 1 atom stereocenters. The second-order valence-corrected chi connectivity index (χ2v) is 13.7. The van der Waals surface area contributed by atoms with E-state index in [0.717, 1.165) is 61.3 Å². The van der Waals surface area contributed by atoms with Gasteiger partial charge in [0, 0.05) is 18.1 Å². The number of benzene rings is 1. The van der Waals surface area contributed by atoms with Crippen LogP contribution in [0.1, 0.15) is 63.9 Å². The maximum Gasteiger partial charge on any atom is 0.237 e. The van der Waals surface area contributed by atoms with E-state index < -0.39 is 9.84 Å². The second kappa shape index (κ2) is 9.45. The summed E-state index contributed by atoms with van der Waals surface area (Å²) < 4.78 is 29.8. The first-order chi connectivity index (χ1) is 16.3. The Labute approximate surface area is 204 Å². The zero-order valence-corrected chi connectivity index (χ0v) is 21.6. The van der Waals surface area contributed by atoms with Crippen molar-refractivity contribution >= 4 is 15.7 Å². The predicted octanol–water partition coefficient (Wildman–Crippen LogP) is 3.89. The van der Waals surface area contributed by atoms with Crippen molar-refractivity contribution in [2.24, 2.45) is 17.8 Å². The highest BCUT2D eigenvalue weighted by atomic mass is 32.2. The Bertz CT molecular complexity index is 972. The highest BCUT2D eigenvalue weighted by Gasteiger charge is 2.54. The fraction of sp³-hybridized carbons (Fsp3) is 0.741. The first-order valence-electron chi connectivity index (χ1n) is 13.2. The van der Waals surface area contributed by atoms with Crippen molar-refractivity contribution in [1.82, 2.24) is 9.80 Å². The van der Waals surface area contributed by atoms with Gasteiger partial charge in [0.25, 0.3) is 0 Å². The lowest BCUT2D eigenvalue weighted by molar-refractivity contribution is -0.154. The average molecular weight is 489 g/mol. The Morgan fingerprint density at radius 2 is 1.79 bits per heavy atom. The number of nitrogens with zero attached hydrogens (tertiary/aromatic N) is 2. The third-order valence-corrected chi connectivity index (χ3v) is 10.7. The van der Waals surface area contributed by atoms with Crippen molar-refractivity contribution in [3.8, 4) is 5.75 Å². The molecule has 6 nitrogen and oxygen atoms in total. The maximum absolute atomic E-state index is 14.1. The fourth-order valence-electron chi connectivity index (χ4n) is 7.87. The summed E-state index contributed by atoms with van der Waals surface area (Å²) in [6.07, 6.45) is 8.94. The summed E-state index contributed by atoms with van der Waals surface area (Å²) >= 11 is 0. The molecular weight excluding hydrogens is 448 g/mol. The molecular formula is C27H40N2O4S. The number of hydrogen-bond acceptors (Lipinski definition) is 5. The largest absolute Gasteiger partial charge is 0.497 e. The normalized spacial score (nSPS) is 33.4. The summed E-state index contributed by atoms with van der Waals surface area (Å²) in [6, 6.07) is 8.06. The van der Waals surface area contributed by atoms with Gasteiger partial charge < -0.3 is 9.64 Å². The van der Waals surface area contributed by atoms with E-state index >= 15 is 0 Å². The molecule has 1 aliphatic heterocycles. The van der Waals surface area contributed by atoms with Gasteiger partial charge in [-0.2, -0.15) is 0 Å². The summed E-state index contributed by atoms with van der Waals surface area (Å²) in [5.74, 6) is 3.67. The minimum atomic E-state index is -2.99. The van der Waals surface area contributed by atoms with Gasteiger partial charge in [0.15, 0.2) is 9.84 Å². The van der Waals surface area contributed by atoms with Crippen molar-refractivity contribution in [1.29, 1.82) is 0 Å². The topological polar surface area (TPSA) is 66.9 Å². The molecule has 5 aliphatic rings. The zero-order chi connectivity index (χ0) is 23.9. The van der Waals surface area contributed by atoms with E-state index in [1.807, 2.05) is 18.2 Å². The van der Waals surface area contributed by atoms with Crippen LogP contribution >= 0.6 is 0 Å². The van der Waals surface area contributed by atoms with Crippen LogP contribution in [0, 0.1) is 17.8 Å². The first kappa shape index (κ1) is 24.1. The first-order valence-corrected chi connectivity index (χ1v) is 15.0. The van der Waals surface area contributed by atoms with E-state index in [0.29, 0.717) is 19.5 Å². The van der Waals surface area contributed by atoms with Crippen molar-refractivity contribution in [2.75, 3.05) is 31.7 Å². The van der Waals surface area contributed by atoms with Gasteiger partial charge in [-0.3, -0.25) is 9.69 Å². The number of amides is 1. The highest BCUT2D eigenvalue weighted by molar-refractivity contribution is 7.91. The molecule has 1 aromatic carbocycles. The van der Waals surface area contributed by atoms with Crippen molar-refractivity contribution in [3.63, 3.8) is 0 Å². The standard InChI is InChI=1S/C27H40N2O4S/c1-3-8-28(24-7-9-34(31,32)19-24)18-26(30)29(17-20-5-4-6-25(13-20)33-2)27-14-21-10-22(15-27)12-23(11-21)16-27/h4-6,13,21-24H,3,7-12,14-19H2,1-2H3. The summed E-state index contributed by atoms with van der Waals surface area (Å²) in [5.41, 5.74) is 1.06. The Balaban J connectivity index is 1.42. The SMILES string of the molecule is CCCN(CC(=O)N(Cc1cccc(OC)c1)C12CC3CC(CC(C3)C1)C2)C1CCS(=O)(=O)C1. The number of hydrogen-bond donors (Lipinski definition) is 0. The third-order valence-electron chi connectivity index (χ3n) is 8.93.